The molecule has 0 unspecified atom stereocenters. The molecule has 0 spiro atoms. The molecule has 0 saturated heterocycles. The number of nitro groups is 1. The van der Waals surface area contributed by atoms with Crippen LogP contribution < -0.4 is 0 Å². The molecule has 1 aromatic rings. The van der Waals surface area contributed by atoms with Gasteiger partial charge < -0.3 is 10.2 Å². The summed E-state index contributed by atoms with van der Waals surface area (Å²) in [4.78, 5) is 22.6. The molecule has 0 saturated carbocycles. The van der Waals surface area contributed by atoms with Crippen LogP contribution in [0.4, 0.5) is 14.5 Å². The molecule has 0 aliphatic carbocycles. The summed E-state index contributed by atoms with van der Waals surface area (Å²) in [5, 5.41) is 28.1. The van der Waals surface area contributed by atoms with Crippen molar-refractivity contribution in [2.75, 3.05) is 0 Å². The summed E-state index contributed by atoms with van der Waals surface area (Å²) in [5.41, 5.74) is -3.47. The highest BCUT2D eigenvalue weighted by molar-refractivity contribution is 5.93. The number of alkyl halides is 2. The molecular weight excluding hydrogens is 230 g/mol. The van der Waals surface area contributed by atoms with Crippen LogP contribution in [0.15, 0.2) is 6.20 Å². The van der Waals surface area contributed by atoms with Crippen LogP contribution in [0.2, 0.25) is 0 Å². The van der Waals surface area contributed by atoms with E-state index in [-0.39, 0.29) is 0 Å². The van der Waals surface area contributed by atoms with Crippen LogP contribution in [-0.4, -0.2) is 26.1 Å². The Balaban J connectivity index is 3.54. The molecule has 0 aliphatic heterocycles. The second-order valence-corrected chi connectivity index (χ2v) is 2.62. The van der Waals surface area contributed by atoms with Crippen molar-refractivity contribution in [3.05, 3.63) is 27.6 Å². The third kappa shape index (κ3) is 1.87. The van der Waals surface area contributed by atoms with Crippen LogP contribution in [0.3, 0.4) is 0 Å². The molecule has 0 bridgehead atoms. The lowest BCUT2D eigenvalue weighted by Crippen LogP contribution is -2.06. The summed E-state index contributed by atoms with van der Waals surface area (Å²) >= 11 is 0. The quantitative estimate of drug-likeness (QED) is 0.602. The first-order valence-electron chi connectivity index (χ1n) is 3.74. The van der Waals surface area contributed by atoms with Crippen molar-refractivity contribution >= 4 is 11.7 Å². The maximum Gasteiger partial charge on any atom is 0.344 e. The Morgan fingerprint density at radius 3 is 2.50 bits per heavy atom. The van der Waals surface area contributed by atoms with Crippen molar-refractivity contribution in [3.8, 4) is 5.75 Å². The smallest absolute Gasteiger partial charge is 0.344 e. The van der Waals surface area contributed by atoms with E-state index in [2.05, 4.69) is 4.98 Å². The van der Waals surface area contributed by atoms with Gasteiger partial charge in [-0.25, -0.2) is 18.6 Å². The van der Waals surface area contributed by atoms with Crippen LogP contribution in [0.1, 0.15) is 22.5 Å². The molecular formula is C7H4F2N2O5. The van der Waals surface area contributed by atoms with E-state index in [1.807, 2.05) is 0 Å². The molecule has 0 aromatic carbocycles. The average Bonchev–Trinajstić information content (AvgIpc) is 2.15. The maximum atomic E-state index is 12.2. The van der Waals surface area contributed by atoms with Gasteiger partial charge in [-0.3, -0.25) is 10.1 Å². The number of aromatic nitrogens is 1. The summed E-state index contributed by atoms with van der Waals surface area (Å²) in [6.07, 6.45) is -2.83. The van der Waals surface area contributed by atoms with Crippen LogP contribution in [0.25, 0.3) is 0 Å². The first-order chi connectivity index (χ1) is 7.36. The largest absolute Gasteiger partial charge is 0.501 e. The summed E-state index contributed by atoms with van der Waals surface area (Å²) in [6, 6.07) is 0. The van der Waals surface area contributed by atoms with Crippen LogP contribution in [0, 0.1) is 10.1 Å². The van der Waals surface area contributed by atoms with Gasteiger partial charge in [0.1, 0.15) is 0 Å². The number of halogens is 2. The van der Waals surface area contributed by atoms with E-state index in [4.69, 9.17) is 10.2 Å². The highest BCUT2D eigenvalue weighted by Crippen LogP contribution is 2.36. The minimum Gasteiger partial charge on any atom is -0.501 e. The highest BCUT2D eigenvalue weighted by Gasteiger charge is 2.31. The predicted molar refractivity (Wildman–Crippen MR) is 44.5 cm³/mol. The molecule has 2 N–H and O–H groups in total. The lowest BCUT2D eigenvalue weighted by molar-refractivity contribution is -0.386. The number of rotatable bonds is 3. The first-order valence-corrected chi connectivity index (χ1v) is 3.74. The number of nitrogens with zero attached hydrogens (tertiary/aromatic N) is 2. The molecule has 1 rings (SSSR count). The van der Waals surface area contributed by atoms with Crippen LogP contribution in [0.5, 0.6) is 5.75 Å². The van der Waals surface area contributed by atoms with E-state index in [1.165, 1.54) is 0 Å². The fourth-order valence-electron chi connectivity index (χ4n) is 1.01. The molecule has 0 fully saturated rings. The van der Waals surface area contributed by atoms with Gasteiger partial charge in [0.25, 0.3) is 6.43 Å². The SMILES string of the molecule is O=C(O)c1cnc(C(F)F)c(O)c1[N+](=O)[O-]. The molecule has 0 atom stereocenters. The third-order valence-corrected chi connectivity index (χ3v) is 1.67. The zero-order valence-electron chi connectivity index (χ0n) is 7.42. The van der Waals surface area contributed by atoms with Crippen molar-refractivity contribution in [3.63, 3.8) is 0 Å². The van der Waals surface area contributed by atoms with Gasteiger partial charge in [0.15, 0.2) is 11.3 Å². The number of aromatic hydroxyl groups is 1. The molecule has 1 heterocycles. The highest BCUT2D eigenvalue weighted by atomic mass is 19.3. The third-order valence-electron chi connectivity index (χ3n) is 1.67. The molecule has 86 valence electrons. The van der Waals surface area contributed by atoms with E-state index in [9.17, 15) is 23.7 Å². The van der Waals surface area contributed by atoms with Crippen molar-refractivity contribution in [2.24, 2.45) is 0 Å². The standard InChI is InChI=1S/C7H4F2N2O5/c8-6(9)3-5(12)4(11(15)16)2(1-10-3)7(13)14/h1,6,12H,(H,13,14). The van der Waals surface area contributed by atoms with Gasteiger partial charge in [0.2, 0.25) is 5.75 Å². The molecule has 1 aromatic heterocycles. The summed E-state index contributed by atoms with van der Waals surface area (Å²) in [5.74, 6) is -3.17. The number of hydrogen-bond acceptors (Lipinski definition) is 5. The minimum absolute atomic E-state index is 0.404. The van der Waals surface area contributed by atoms with Gasteiger partial charge in [-0.1, -0.05) is 0 Å². The van der Waals surface area contributed by atoms with E-state index in [0.29, 0.717) is 6.20 Å². The Morgan fingerprint density at radius 2 is 2.12 bits per heavy atom. The normalized spacial score (nSPS) is 10.4. The van der Waals surface area contributed by atoms with Crippen molar-refractivity contribution in [1.82, 2.24) is 4.98 Å². The summed E-state index contributed by atoms with van der Waals surface area (Å²) in [7, 11) is 0. The molecule has 0 amide bonds. The average molecular weight is 234 g/mol. The van der Waals surface area contributed by atoms with Crippen LogP contribution in [-0.2, 0) is 0 Å². The van der Waals surface area contributed by atoms with E-state index < -0.39 is 40.0 Å². The molecule has 9 heteroatoms. The van der Waals surface area contributed by atoms with Crippen molar-refractivity contribution in [1.29, 1.82) is 0 Å². The number of carboxylic acid groups (broad SMARTS) is 1. The summed E-state index contributed by atoms with van der Waals surface area (Å²) < 4.78 is 24.4. The second kappa shape index (κ2) is 4.04. The van der Waals surface area contributed by atoms with Gasteiger partial charge in [0, 0.05) is 6.20 Å². The fraction of sp³-hybridized carbons (Fsp3) is 0.143. The molecule has 0 aliphatic rings. The fourth-order valence-corrected chi connectivity index (χ4v) is 1.01. The first kappa shape index (κ1) is 11.8. The summed E-state index contributed by atoms with van der Waals surface area (Å²) in [6.45, 7) is 0. The lowest BCUT2D eigenvalue weighted by Gasteiger charge is -2.04. The van der Waals surface area contributed by atoms with Gasteiger partial charge in [-0.2, -0.15) is 0 Å². The maximum absolute atomic E-state index is 12.2. The Labute approximate surface area is 86.1 Å². The van der Waals surface area contributed by atoms with Crippen molar-refractivity contribution < 1.29 is 28.7 Å². The molecule has 16 heavy (non-hydrogen) atoms. The number of hydrogen-bond donors (Lipinski definition) is 2. The van der Waals surface area contributed by atoms with Gasteiger partial charge in [-0.15, -0.1) is 0 Å². The zero-order valence-corrected chi connectivity index (χ0v) is 7.42. The predicted octanol–water partition coefficient (Wildman–Crippen LogP) is 1.33. The Kier molecular flexibility index (Phi) is 2.97. The van der Waals surface area contributed by atoms with Crippen LogP contribution >= 0.6 is 0 Å². The van der Waals surface area contributed by atoms with Gasteiger partial charge >= 0.3 is 11.7 Å². The minimum atomic E-state index is -3.23. The van der Waals surface area contributed by atoms with E-state index in [1.54, 1.807) is 0 Å². The second-order valence-electron chi connectivity index (χ2n) is 2.62. The Bertz CT molecular complexity index is 462. The van der Waals surface area contributed by atoms with E-state index >= 15 is 0 Å². The topological polar surface area (TPSA) is 114 Å². The van der Waals surface area contributed by atoms with Gasteiger partial charge in [0.05, 0.1) is 4.92 Å². The molecule has 0 radical (unpaired) electrons. The number of carboxylic acids is 1. The Hall–Kier alpha value is -2.32. The van der Waals surface area contributed by atoms with Crippen molar-refractivity contribution in [2.45, 2.75) is 6.43 Å². The number of aromatic carboxylic acids is 1. The molecule has 7 nitrogen and oxygen atoms in total. The van der Waals surface area contributed by atoms with E-state index in [0.717, 1.165) is 0 Å². The zero-order chi connectivity index (χ0) is 12.5. The monoisotopic (exact) mass is 234 g/mol. The number of carbonyl (C=O) groups is 1. The van der Waals surface area contributed by atoms with Gasteiger partial charge in [-0.05, 0) is 0 Å². The lowest BCUT2D eigenvalue weighted by atomic mass is 10.2. The Morgan fingerprint density at radius 1 is 1.56 bits per heavy atom. The number of pyridine rings is 1.